The van der Waals surface area contributed by atoms with Gasteiger partial charge >= 0.3 is 0 Å². The summed E-state index contributed by atoms with van der Waals surface area (Å²) < 4.78 is 10.3. The zero-order chi connectivity index (χ0) is 12.3. The molecule has 0 saturated heterocycles. The Balaban J connectivity index is 1.93. The van der Waals surface area contributed by atoms with E-state index in [9.17, 15) is 4.79 Å². The molecule has 2 rings (SSSR count). The fourth-order valence-corrected chi connectivity index (χ4v) is 2.79. The summed E-state index contributed by atoms with van der Waals surface area (Å²) in [5.74, 6) is 1.06. The first kappa shape index (κ1) is 12.4. The molecule has 1 aromatic heterocycles. The van der Waals surface area contributed by atoms with Crippen molar-refractivity contribution >= 4 is 17.2 Å². The number of nitrogens with one attached hydrogen (secondary N) is 1. The molecular formula is C12H17NO3S. The van der Waals surface area contributed by atoms with Gasteiger partial charge in [-0.25, -0.2) is 0 Å². The normalized spacial score (nSPS) is 22.9. The quantitative estimate of drug-likeness (QED) is 0.874. The second kappa shape index (κ2) is 5.51. The largest absolute Gasteiger partial charge is 0.495 e. The van der Waals surface area contributed by atoms with E-state index in [1.54, 1.807) is 14.2 Å². The van der Waals surface area contributed by atoms with E-state index in [0.717, 1.165) is 12.8 Å². The van der Waals surface area contributed by atoms with Gasteiger partial charge < -0.3 is 14.8 Å². The van der Waals surface area contributed by atoms with Gasteiger partial charge in [-0.2, -0.15) is 0 Å². The minimum atomic E-state index is -0.0392. The van der Waals surface area contributed by atoms with Crippen LogP contribution in [0.4, 0.5) is 0 Å². The van der Waals surface area contributed by atoms with Crippen LogP contribution in [0.15, 0.2) is 11.4 Å². The molecule has 4 nitrogen and oxygen atoms in total. The molecular weight excluding hydrogens is 238 g/mol. The molecule has 1 fully saturated rings. The highest BCUT2D eigenvalue weighted by molar-refractivity contribution is 7.12. The van der Waals surface area contributed by atoms with Gasteiger partial charge in [0.1, 0.15) is 10.6 Å². The minimum Gasteiger partial charge on any atom is -0.495 e. The summed E-state index contributed by atoms with van der Waals surface area (Å²) in [6, 6.07) is 2.06. The predicted molar refractivity (Wildman–Crippen MR) is 66.7 cm³/mol. The van der Waals surface area contributed by atoms with E-state index in [2.05, 4.69) is 5.32 Å². The number of carbonyl (C=O) groups is 1. The molecule has 0 radical (unpaired) electrons. The monoisotopic (exact) mass is 255 g/mol. The van der Waals surface area contributed by atoms with Gasteiger partial charge in [0.15, 0.2) is 0 Å². The molecule has 0 spiro atoms. The summed E-state index contributed by atoms with van der Waals surface area (Å²) in [4.78, 5) is 12.7. The van der Waals surface area contributed by atoms with Crippen molar-refractivity contribution in [2.45, 2.75) is 18.9 Å². The predicted octanol–water partition coefficient (Wildman–Crippen LogP) is 1.91. The van der Waals surface area contributed by atoms with Crippen LogP contribution in [0.2, 0.25) is 0 Å². The summed E-state index contributed by atoms with van der Waals surface area (Å²) in [7, 11) is 3.27. The molecule has 1 aliphatic carbocycles. The molecule has 2 atom stereocenters. The van der Waals surface area contributed by atoms with Crippen LogP contribution >= 0.6 is 11.3 Å². The fourth-order valence-electron chi connectivity index (χ4n) is 2.03. The van der Waals surface area contributed by atoms with Crippen molar-refractivity contribution in [3.63, 3.8) is 0 Å². The van der Waals surface area contributed by atoms with Gasteiger partial charge in [0.25, 0.3) is 5.91 Å². The summed E-state index contributed by atoms with van der Waals surface area (Å²) in [5, 5.41) is 4.90. The van der Waals surface area contributed by atoms with Crippen molar-refractivity contribution in [1.29, 1.82) is 0 Å². The maximum absolute atomic E-state index is 12.0. The third-order valence-corrected chi connectivity index (χ3v) is 4.06. The molecule has 0 aliphatic heterocycles. The zero-order valence-corrected chi connectivity index (χ0v) is 10.9. The number of hydrogen-bond acceptors (Lipinski definition) is 4. The van der Waals surface area contributed by atoms with Gasteiger partial charge in [-0.3, -0.25) is 4.79 Å². The van der Waals surface area contributed by atoms with E-state index in [4.69, 9.17) is 9.47 Å². The lowest BCUT2D eigenvalue weighted by Gasteiger charge is -2.36. The first-order chi connectivity index (χ1) is 8.26. The number of hydrogen-bond donors (Lipinski definition) is 1. The fraction of sp³-hybridized carbons (Fsp3) is 0.583. The highest BCUT2D eigenvalue weighted by Crippen LogP contribution is 2.29. The molecule has 0 unspecified atom stereocenters. The molecule has 1 aromatic rings. The first-order valence-electron chi connectivity index (χ1n) is 5.67. The topological polar surface area (TPSA) is 47.6 Å². The molecule has 1 heterocycles. The molecule has 1 N–H and O–H groups in total. The second-order valence-corrected chi connectivity index (χ2v) is 5.11. The van der Waals surface area contributed by atoms with Crippen LogP contribution in [0.5, 0.6) is 5.75 Å². The number of amides is 1. The van der Waals surface area contributed by atoms with Crippen LogP contribution in [0.25, 0.3) is 0 Å². The SMILES string of the molecule is COC[C@H]1CC[C@H]1NC(=O)c1sccc1OC. The molecule has 0 bridgehead atoms. The van der Waals surface area contributed by atoms with Crippen LogP contribution in [-0.4, -0.2) is 32.8 Å². The third-order valence-electron chi connectivity index (χ3n) is 3.17. The van der Waals surface area contributed by atoms with E-state index >= 15 is 0 Å². The Hall–Kier alpha value is -1.07. The molecule has 1 saturated carbocycles. The number of methoxy groups -OCH3 is 2. The van der Waals surface area contributed by atoms with Gasteiger partial charge in [0.05, 0.1) is 13.7 Å². The number of rotatable bonds is 5. The van der Waals surface area contributed by atoms with Gasteiger partial charge in [-0.1, -0.05) is 0 Å². The van der Waals surface area contributed by atoms with Gasteiger partial charge in [0.2, 0.25) is 0 Å². The van der Waals surface area contributed by atoms with E-state index in [1.807, 2.05) is 11.4 Å². The highest BCUT2D eigenvalue weighted by atomic mass is 32.1. The summed E-state index contributed by atoms with van der Waals surface area (Å²) in [6.45, 7) is 0.715. The molecule has 94 valence electrons. The number of thiophene rings is 1. The van der Waals surface area contributed by atoms with Crippen molar-refractivity contribution in [3.05, 3.63) is 16.3 Å². The lowest BCUT2D eigenvalue weighted by Crippen LogP contribution is -2.48. The lowest BCUT2D eigenvalue weighted by molar-refractivity contribution is 0.0672. The van der Waals surface area contributed by atoms with E-state index < -0.39 is 0 Å². The minimum absolute atomic E-state index is 0.0392. The smallest absolute Gasteiger partial charge is 0.265 e. The Morgan fingerprint density at radius 1 is 1.53 bits per heavy atom. The van der Waals surface area contributed by atoms with Crippen LogP contribution < -0.4 is 10.1 Å². The van der Waals surface area contributed by atoms with Crippen LogP contribution in [0, 0.1) is 5.92 Å². The van der Waals surface area contributed by atoms with Crippen molar-refractivity contribution < 1.29 is 14.3 Å². The van der Waals surface area contributed by atoms with E-state index in [-0.39, 0.29) is 11.9 Å². The van der Waals surface area contributed by atoms with Gasteiger partial charge in [-0.15, -0.1) is 11.3 Å². The lowest BCUT2D eigenvalue weighted by atomic mass is 9.80. The van der Waals surface area contributed by atoms with Crippen molar-refractivity contribution in [2.75, 3.05) is 20.8 Å². The second-order valence-electron chi connectivity index (χ2n) is 4.19. The van der Waals surface area contributed by atoms with Crippen LogP contribution in [-0.2, 0) is 4.74 Å². The summed E-state index contributed by atoms with van der Waals surface area (Å²) >= 11 is 1.41. The maximum Gasteiger partial charge on any atom is 0.265 e. The van der Waals surface area contributed by atoms with Crippen LogP contribution in [0.1, 0.15) is 22.5 Å². The van der Waals surface area contributed by atoms with Gasteiger partial charge in [0, 0.05) is 19.1 Å². The number of carbonyl (C=O) groups excluding carboxylic acids is 1. The van der Waals surface area contributed by atoms with Crippen molar-refractivity contribution in [3.8, 4) is 5.75 Å². The van der Waals surface area contributed by atoms with Crippen LogP contribution in [0.3, 0.4) is 0 Å². The highest BCUT2D eigenvalue weighted by Gasteiger charge is 2.32. The molecule has 0 aromatic carbocycles. The average Bonchev–Trinajstić information content (AvgIpc) is 2.79. The number of ether oxygens (including phenoxy) is 2. The van der Waals surface area contributed by atoms with E-state index in [1.165, 1.54) is 11.3 Å². The molecule has 17 heavy (non-hydrogen) atoms. The van der Waals surface area contributed by atoms with E-state index in [0.29, 0.717) is 23.2 Å². The average molecular weight is 255 g/mol. The summed E-state index contributed by atoms with van der Waals surface area (Å²) in [5.41, 5.74) is 0. The zero-order valence-electron chi connectivity index (χ0n) is 10.1. The Kier molecular flexibility index (Phi) is 4.02. The third kappa shape index (κ3) is 2.61. The Labute approximate surface area is 105 Å². The van der Waals surface area contributed by atoms with Crippen molar-refractivity contribution in [2.24, 2.45) is 5.92 Å². The molecule has 1 aliphatic rings. The standard InChI is InChI=1S/C12H17NO3S/c1-15-7-8-3-4-9(8)13-12(14)11-10(16-2)5-6-17-11/h5-6,8-9H,3-4,7H2,1-2H3,(H,13,14)/t8-,9-/m1/s1. The summed E-state index contributed by atoms with van der Waals surface area (Å²) in [6.07, 6.45) is 2.16. The molecule has 5 heteroatoms. The first-order valence-corrected chi connectivity index (χ1v) is 6.55. The Bertz CT molecular complexity index is 391. The Morgan fingerprint density at radius 2 is 2.35 bits per heavy atom. The maximum atomic E-state index is 12.0. The van der Waals surface area contributed by atoms with Crippen molar-refractivity contribution in [1.82, 2.24) is 5.32 Å². The Morgan fingerprint density at radius 3 is 2.94 bits per heavy atom. The molecule has 1 amide bonds. The van der Waals surface area contributed by atoms with Gasteiger partial charge in [-0.05, 0) is 24.3 Å².